The first-order valence-corrected chi connectivity index (χ1v) is 9.14. The smallest absolute Gasteiger partial charge is 1.00 e. The molecule has 0 aliphatic rings. The van der Waals surface area contributed by atoms with Crippen LogP contribution in [-0.4, -0.2) is 9.52 Å². The molecule has 0 saturated heterocycles. The van der Waals surface area contributed by atoms with E-state index in [1.807, 2.05) is 0 Å². The van der Waals surface area contributed by atoms with Crippen LogP contribution in [-0.2, 0) is 0 Å². The Morgan fingerprint density at radius 1 is 0.625 bits per heavy atom. The first-order valence-electron chi connectivity index (χ1n) is 7.14. The van der Waals surface area contributed by atoms with Crippen molar-refractivity contribution in [2.24, 2.45) is 0 Å². The number of halogens is 2. The van der Waals surface area contributed by atoms with Crippen molar-refractivity contribution in [2.75, 3.05) is 0 Å². The Morgan fingerprint density at radius 2 is 0.958 bits per heavy atom. The van der Waals surface area contributed by atoms with Gasteiger partial charge in [0.05, 0.1) is 0 Å². The van der Waals surface area contributed by atoms with Crippen LogP contribution >= 0.6 is 0 Å². The SMILES string of the molecule is C[Si]C.[Cl-].[Cl-].[U+4].c1ccc2[cH-]ccc2c1.c1ccc2[cH-]ccc2c1. The number of hydrogen-bond donors (Lipinski definition) is 0. The fourth-order valence-corrected chi connectivity index (χ4v) is 2.14. The predicted molar refractivity (Wildman–Crippen MR) is 96.6 cm³/mol. The minimum atomic E-state index is 0. The molecule has 24 heavy (non-hydrogen) atoms. The summed E-state index contributed by atoms with van der Waals surface area (Å²) in [5.74, 6) is 0. The van der Waals surface area contributed by atoms with Gasteiger partial charge in [0.25, 0.3) is 0 Å². The van der Waals surface area contributed by atoms with Crippen LogP contribution in [0.15, 0.2) is 84.9 Å². The molecule has 0 unspecified atom stereocenters. The second-order valence-electron chi connectivity index (χ2n) is 4.81. The molecule has 0 aromatic heterocycles. The Morgan fingerprint density at radius 3 is 1.29 bits per heavy atom. The van der Waals surface area contributed by atoms with Crippen LogP contribution in [0.3, 0.4) is 0 Å². The Kier molecular flexibility index (Phi) is 15.9. The fraction of sp³-hybridized carbons (Fsp3) is 0.100. The molecule has 0 amide bonds. The number of fused-ring (bicyclic) bond motifs is 2. The molecule has 4 aromatic rings. The van der Waals surface area contributed by atoms with Gasteiger partial charge >= 0.3 is 31.1 Å². The van der Waals surface area contributed by atoms with E-state index in [9.17, 15) is 0 Å². The molecule has 4 rings (SSSR count). The average molecular weight is 597 g/mol. The summed E-state index contributed by atoms with van der Waals surface area (Å²) in [6.45, 7) is 4.31. The fourth-order valence-electron chi connectivity index (χ4n) is 2.14. The van der Waals surface area contributed by atoms with E-state index in [2.05, 4.69) is 98.0 Å². The molecule has 0 fully saturated rings. The summed E-state index contributed by atoms with van der Waals surface area (Å²) in [6, 6.07) is 29.3. The van der Waals surface area contributed by atoms with Gasteiger partial charge in [0, 0.05) is 9.52 Å². The van der Waals surface area contributed by atoms with Gasteiger partial charge in [-0.2, -0.15) is 35.0 Å². The molecule has 0 heterocycles. The predicted octanol–water partition coefficient (Wildman–Crippen LogP) is -0.0878. The Labute approximate surface area is 183 Å². The third-order valence-electron chi connectivity index (χ3n) is 3.10. The number of rotatable bonds is 0. The third kappa shape index (κ3) is 8.06. The van der Waals surface area contributed by atoms with E-state index in [1.54, 1.807) is 0 Å². The van der Waals surface area contributed by atoms with Crippen LogP contribution in [0.1, 0.15) is 0 Å². The summed E-state index contributed by atoms with van der Waals surface area (Å²) >= 11 is 0. The maximum absolute atomic E-state index is 2.15. The molecule has 0 atom stereocenters. The zero-order valence-corrected chi connectivity index (χ0v) is 20.5. The summed E-state index contributed by atoms with van der Waals surface area (Å²) in [6.07, 6.45) is 0. The topological polar surface area (TPSA) is 0 Å². The molecule has 0 saturated carbocycles. The van der Waals surface area contributed by atoms with E-state index in [1.165, 1.54) is 21.5 Å². The minimum Gasteiger partial charge on any atom is -1.00 e. The van der Waals surface area contributed by atoms with E-state index < -0.39 is 0 Å². The summed E-state index contributed by atoms with van der Waals surface area (Å²) in [5.41, 5.74) is 0. The quantitative estimate of drug-likeness (QED) is 0.197. The Balaban J connectivity index is 0. The van der Waals surface area contributed by atoms with E-state index in [4.69, 9.17) is 0 Å². The largest absolute Gasteiger partial charge is 4.00 e. The van der Waals surface area contributed by atoms with Gasteiger partial charge in [0.2, 0.25) is 0 Å². The number of benzene rings is 2. The Bertz CT molecular complexity index is 651. The standard InChI is InChI=1S/2C9H7.C2H6Si.2ClH.U/c2*1-2-5-9-7-3-6-8(9)4-1;1-3-2;;;/h2*1-7H;1-2H3;2*1H;/q2*-1;;;;+4/p-2. The van der Waals surface area contributed by atoms with Crippen molar-refractivity contribution in [1.82, 2.24) is 0 Å². The van der Waals surface area contributed by atoms with Gasteiger partial charge in [-0.25, -0.2) is 0 Å². The molecule has 0 bridgehead atoms. The van der Waals surface area contributed by atoms with Gasteiger partial charge in [-0.05, 0) is 0 Å². The van der Waals surface area contributed by atoms with Crippen molar-refractivity contribution in [2.45, 2.75) is 13.1 Å². The molecule has 0 aliphatic carbocycles. The summed E-state index contributed by atoms with van der Waals surface area (Å²) in [7, 11) is 1.08. The molecule has 4 heteroatoms. The van der Waals surface area contributed by atoms with Gasteiger partial charge in [-0.1, -0.05) is 25.2 Å². The third-order valence-corrected chi connectivity index (χ3v) is 3.10. The monoisotopic (exact) mass is 596 g/mol. The molecule has 0 nitrogen and oxygen atoms in total. The van der Waals surface area contributed by atoms with Gasteiger partial charge in [-0.3, -0.25) is 0 Å². The van der Waals surface area contributed by atoms with Crippen LogP contribution < -0.4 is 24.8 Å². The van der Waals surface area contributed by atoms with Crippen molar-refractivity contribution in [3.05, 3.63) is 84.9 Å². The van der Waals surface area contributed by atoms with Crippen LogP contribution in [0, 0.1) is 31.1 Å². The summed E-state index contributed by atoms with van der Waals surface area (Å²) in [4.78, 5) is 0. The minimum absolute atomic E-state index is 0. The molecule has 0 N–H and O–H groups in total. The first kappa shape index (κ1) is 25.7. The van der Waals surface area contributed by atoms with E-state index in [0.29, 0.717) is 0 Å². The van der Waals surface area contributed by atoms with Crippen molar-refractivity contribution in [1.29, 1.82) is 0 Å². The van der Waals surface area contributed by atoms with Crippen molar-refractivity contribution in [3.8, 4) is 0 Å². The molecule has 122 valence electrons. The second kappa shape index (κ2) is 14.8. The van der Waals surface area contributed by atoms with Crippen LogP contribution in [0.25, 0.3) is 21.5 Å². The van der Waals surface area contributed by atoms with Gasteiger partial charge in [-0.15, -0.1) is 59.3 Å². The Hall–Kier alpha value is -0.491. The molecule has 0 aliphatic heterocycles. The molecular formula is C20H20Cl2SiU. The summed E-state index contributed by atoms with van der Waals surface area (Å²) < 4.78 is 0. The van der Waals surface area contributed by atoms with Crippen molar-refractivity contribution in [3.63, 3.8) is 0 Å². The van der Waals surface area contributed by atoms with Gasteiger partial charge < -0.3 is 24.8 Å². The zero-order valence-electron chi connectivity index (χ0n) is 13.8. The van der Waals surface area contributed by atoms with Crippen LogP contribution in [0.4, 0.5) is 0 Å². The molecular weight excluding hydrogens is 577 g/mol. The van der Waals surface area contributed by atoms with Crippen molar-refractivity contribution < 1.29 is 55.9 Å². The normalized spacial score (nSPS) is 8.42. The molecule has 4 aromatic carbocycles. The first-order chi connectivity index (χ1) is 10.3. The number of hydrogen-bond acceptors (Lipinski definition) is 0. The van der Waals surface area contributed by atoms with E-state index in [0.717, 1.165) is 9.52 Å². The average Bonchev–Trinajstić information content (AvgIpc) is 3.17. The maximum Gasteiger partial charge on any atom is 4.00 e. The van der Waals surface area contributed by atoms with Crippen LogP contribution in [0.2, 0.25) is 13.1 Å². The van der Waals surface area contributed by atoms with Crippen molar-refractivity contribution >= 4 is 31.1 Å². The van der Waals surface area contributed by atoms with Gasteiger partial charge in [0.15, 0.2) is 0 Å². The molecule has 2 radical (unpaired) electrons. The van der Waals surface area contributed by atoms with Gasteiger partial charge in [0.1, 0.15) is 0 Å². The zero-order chi connectivity index (χ0) is 14.9. The van der Waals surface area contributed by atoms with E-state index >= 15 is 0 Å². The second-order valence-corrected chi connectivity index (χ2v) is 5.81. The van der Waals surface area contributed by atoms with Crippen LogP contribution in [0.5, 0.6) is 0 Å². The maximum atomic E-state index is 2.15. The van der Waals surface area contributed by atoms with E-state index in [-0.39, 0.29) is 55.9 Å². The summed E-state index contributed by atoms with van der Waals surface area (Å²) in [5, 5.41) is 5.32. The molecule has 0 spiro atoms.